The van der Waals surface area contributed by atoms with Crippen LogP contribution in [0.3, 0.4) is 0 Å². The standard InChI is InChI=1S/C12H12F3N3O2/c1-2-10-17-18-11(20-10)16-8-5-3-4-6-9(8)19-7-12(13,14)15/h3-6H,2,7H2,1H3,(H,16,18). The van der Waals surface area contributed by atoms with Crippen molar-refractivity contribution >= 4 is 11.7 Å². The normalized spacial score (nSPS) is 11.4. The monoisotopic (exact) mass is 287 g/mol. The summed E-state index contributed by atoms with van der Waals surface area (Å²) in [4.78, 5) is 0. The van der Waals surface area contributed by atoms with Crippen molar-refractivity contribution in [1.29, 1.82) is 0 Å². The van der Waals surface area contributed by atoms with Gasteiger partial charge in [0.05, 0.1) is 5.69 Å². The molecule has 0 atom stereocenters. The third-order valence-electron chi connectivity index (χ3n) is 2.29. The maximum Gasteiger partial charge on any atom is 0.422 e. The quantitative estimate of drug-likeness (QED) is 0.914. The van der Waals surface area contributed by atoms with Gasteiger partial charge in [-0.3, -0.25) is 0 Å². The van der Waals surface area contributed by atoms with Crippen LogP contribution in [-0.4, -0.2) is 23.0 Å². The van der Waals surface area contributed by atoms with Gasteiger partial charge in [-0.2, -0.15) is 13.2 Å². The van der Waals surface area contributed by atoms with E-state index in [-0.39, 0.29) is 11.8 Å². The third kappa shape index (κ3) is 3.87. The second-order valence-electron chi connectivity index (χ2n) is 3.88. The number of nitrogens with one attached hydrogen (secondary N) is 1. The lowest BCUT2D eigenvalue weighted by molar-refractivity contribution is -0.153. The van der Waals surface area contributed by atoms with Crippen molar-refractivity contribution < 1.29 is 22.3 Å². The van der Waals surface area contributed by atoms with E-state index in [4.69, 9.17) is 9.15 Å². The summed E-state index contributed by atoms with van der Waals surface area (Å²) in [7, 11) is 0. The average Bonchev–Trinajstić information content (AvgIpc) is 2.84. The predicted octanol–water partition coefficient (Wildman–Crippen LogP) is 3.32. The van der Waals surface area contributed by atoms with Gasteiger partial charge < -0.3 is 14.5 Å². The zero-order valence-electron chi connectivity index (χ0n) is 10.6. The van der Waals surface area contributed by atoms with E-state index in [9.17, 15) is 13.2 Å². The van der Waals surface area contributed by atoms with Crippen LogP contribution in [0.2, 0.25) is 0 Å². The second kappa shape index (κ2) is 5.81. The molecule has 20 heavy (non-hydrogen) atoms. The summed E-state index contributed by atoms with van der Waals surface area (Å²) in [6, 6.07) is 6.30. The molecule has 8 heteroatoms. The van der Waals surface area contributed by atoms with Gasteiger partial charge in [0.1, 0.15) is 5.75 Å². The lowest BCUT2D eigenvalue weighted by Crippen LogP contribution is -2.19. The van der Waals surface area contributed by atoms with Crippen LogP contribution in [0, 0.1) is 0 Å². The molecule has 0 saturated heterocycles. The molecule has 5 nitrogen and oxygen atoms in total. The second-order valence-corrected chi connectivity index (χ2v) is 3.88. The van der Waals surface area contributed by atoms with Gasteiger partial charge in [0.15, 0.2) is 6.61 Å². The predicted molar refractivity (Wildman–Crippen MR) is 65.0 cm³/mol. The van der Waals surface area contributed by atoms with Gasteiger partial charge in [0.2, 0.25) is 5.89 Å². The van der Waals surface area contributed by atoms with Crippen LogP contribution < -0.4 is 10.1 Å². The molecule has 0 amide bonds. The molecule has 0 aliphatic rings. The number of hydrogen-bond acceptors (Lipinski definition) is 5. The Kier molecular flexibility index (Phi) is 4.11. The molecular formula is C12H12F3N3O2. The number of anilines is 2. The van der Waals surface area contributed by atoms with Gasteiger partial charge in [-0.25, -0.2) is 0 Å². The van der Waals surface area contributed by atoms with Gasteiger partial charge in [0.25, 0.3) is 0 Å². The molecule has 1 aromatic heterocycles. The minimum absolute atomic E-state index is 0.0565. The van der Waals surface area contributed by atoms with Crippen LogP contribution in [0.4, 0.5) is 24.9 Å². The highest BCUT2D eigenvalue weighted by Gasteiger charge is 2.28. The van der Waals surface area contributed by atoms with Gasteiger partial charge in [-0.05, 0) is 12.1 Å². The Labute approximate surface area is 112 Å². The molecule has 0 aliphatic heterocycles. The number of aryl methyl sites for hydroxylation is 1. The summed E-state index contributed by atoms with van der Waals surface area (Å²) >= 11 is 0. The van der Waals surface area contributed by atoms with E-state index in [2.05, 4.69) is 15.5 Å². The average molecular weight is 287 g/mol. The molecule has 0 saturated carbocycles. The van der Waals surface area contributed by atoms with Crippen molar-refractivity contribution in [3.63, 3.8) is 0 Å². The molecule has 0 radical (unpaired) electrons. The first-order valence-electron chi connectivity index (χ1n) is 5.86. The number of benzene rings is 1. The van der Waals surface area contributed by atoms with Crippen LogP contribution >= 0.6 is 0 Å². The van der Waals surface area contributed by atoms with Crippen molar-refractivity contribution in [2.45, 2.75) is 19.5 Å². The van der Waals surface area contributed by atoms with Gasteiger partial charge in [-0.15, -0.1) is 5.10 Å². The summed E-state index contributed by atoms with van der Waals surface area (Å²) in [6.45, 7) is 0.480. The zero-order chi connectivity index (χ0) is 14.6. The third-order valence-corrected chi connectivity index (χ3v) is 2.29. The van der Waals surface area contributed by atoms with E-state index >= 15 is 0 Å². The van der Waals surface area contributed by atoms with E-state index in [0.29, 0.717) is 18.0 Å². The van der Waals surface area contributed by atoms with E-state index in [0.717, 1.165) is 0 Å². The number of nitrogens with zero attached hydrogens (tertiary/aromatic N) is 2. The Morgan fingerprint density at radius 2 is 2.00 bits per heavy atom. The molecule has 0 spiro atoms. The molecule has 2 aromatic rings. The van der Waals surface area contributed by atoms with Crippen molar-refractivity contribution in [1.82, 2.24) is 10.2 Å². The lowest BCUT2D eigenvalue weighted by Gasteiger charge is -2.12. The molecule has 2 rings (SSSR count). The van der Waals surface area contributed by atoms with E-state index in [1.165, 1.54) is 6.07 Å². The molecule has 0 unspecified atom stereocenters. The number of hydrogen-bond donors (Lipinski definition) is 1. The maximum absolute atomic E-state index is 12.2. The van der Waals surface area contributed by atoms with Crippen molar-refractivity contribution in [2.24, 2.45) is 0 Å². The molecule has 1 aromatic carbocycles. The minimum atomic E-state index is -4.40. The smallest absolute Gasteiger partial charge is 0.422 e. The van der Waals surface area contributed by atoms with Crippen LogP contribution in [-0.2, 0) is 6.42 Å². The minimum Gasteiger partial charge on any atom is -0.482 e. The summed E-state index contributed by atoms with van der Waals surface area (Å²) in [5.74, 6) is 0.488. The Balaban J connectivity index is 2.11. The van der Waals surface area contributed by atoms with Crippen molar-refractivity contribution in [3.8, 4) is 5.75 Å². The first-order valence-corrected chi connectivity index (χ1v) is 5.86. The van der Waals surface area contributed by atoms with Crippen LogP contribution in [0.5, 0.6) is 5.75 Å². The summed E-state index contributed by atoms with van der Waals surface area (Å²) in [5, 5.41) is 10.2. The van der Waals surface area contributed by atoms with Gasteiger partial charge in [0, 0.05) is 6.42 Å². The Hall–Kier alpha value is -2.25. The number of para-hydroxylation sites is 2. The van der Waals surface area contributed by atoms with E-state index < -0.39 is 12.8 Å². The SMILES string of the molecule is CCc1nnc(Nc2ccccc2OCC(F)(F)F)o1. The fraction of sp³-hybridized carbons (Fsp3) is 0.333. The van der Waals surface area contributed by atoms with Gasteiger partial charge >= 0.3 is 12.2 Å². The molecule has 0 aliphatic carbocycles. The Morgan fingerprint density at radius 3 is 2.65 bits per heavy atom. The summed E-state index contributed by atoms with van der Waals surface area (Å²) in [5.41, 5.74) is 0.322. The highest BCUT2D eigenvalue weighted by molar-refractivity contribution is 5.61. The van der Waals surface area contributed by atoms with Gasteiger partial charge in [-0.1, -0.05) is 24.2 Å². The molecule has 1 heterocycles. The first-order chi connectivity index (χ1) is 9.48. The maximum atomic E-state index is 12.2. The molecule has 0 bridgehead atoms. The number of aromatic nitrogens is 2. The number of halogens is 3. The number of ether oxygens (including phenoxy) is 1. The molecule has 108 valence electrons. The fourth-order valence-electron chi connectivity index (χ4n) is 1.42. The first kappa shape index (κ1) is 14.2. The topological polar surface area (TPSA) is 60.2 Å². The van der Waals surface area contributed by atoms with Crippen LogP contribution in [0.1, 0.15) is 12.8 Å². The molecular weight excluding hydrogens is 275 g/mol. The number of rotatable bonds is 5. The molecule has 0 fully saturated rings. The van der Waals surface area contributed by atoms with Crippen LogP contribution in [0.25, 0.3) is 0 Å². The highest BCUT2D eigenvalue weighted by Crippen LogP contribution is 2.28. The van der Waals surface area contributed by atoms with Crippen molar-refractivity contribution in [3.05, 3.63) is 30.2 Å². The summed E-state index contributed by atoms with van der Waals surface area (Å²) < 4.78 is 46.4. The Morgan fingerprint density at radius 1 is 1.25 bits per heavy atom. The zero-order valence-corrected chi connectivity index (χ0v) is 10.6. The summed E-state index contributed by atoms with van der Waals surface area (Å²) in [6.07, 6.45) is -3.83. The van der Waals surface area contributed by atoms with E-state index in [1.807, 2.05) is 6.92 Å². The largest absolute Gasteiger partial charge is 0.482 e. The Bertz CT molecular complexity index is 569. The lowest BCUT2D eigenvalue weighted by atomic mass is 10.3. The molecule has 1 N–H and O–H groups in total. The van der Waals surface area contributed by atoms with E-state index in [1.54, 1.807) is 18.2 Å². The number of alkyl halides is 3. The van der Waals surface area contributed by atoms with Crippen LogP contribution in [0.15, 0.2) is 28.7 Å². The van der Waals surface area contributed by atoms with Crippen molar-refractivity contribution in [2.75, 3.05) is 11.9 Å². The highest BCUT2D eigenvalue weighted by atomic mass is 19.4. The fourth-order valence-corrected chi connectivity index (χ4v) is 1.42.